The van der Waals surface area contributed by atoms with Crippen LogP contribution in [-0.2, 0) is 9.53 Å². The van der Waals surface area contributed by atoms with E-state index in [0.717, 1.165) is 12.0 Å². The molecule has 0 saturated heterocycles. The van der Waals surface area contributed by atoms with Gasteiger partial charge in [0.05, 0.1) is 18.8 Å². The smallest absolute Gasteiger partial charge is 0.343 e. The Balaban J connectivity index is 1.43. The fourth-order valence-corrected chi connectivity index (χ4v) is 4.33. The van der Waals surface area contributed by atoms with E-state index >= 15 is 0 Å². The number of benzene rings is 2. The van der Waals surface area contributed by atoms with Gasteiger partial charge in [0, 0.05) is 12.5 Å². The molecule has 0 unspecified atom stereocenters. The van der Waals surface area contributed by atoms with E-state index in [-0.39, 0.29) is 6.61 Å². The van der Waals surface area contributed by atoms with Crippen molar-refractivity contribution < 1.29 is 23.8 Å². The van der Waals surface area contributed by atoms with Gasteiger partial charge in [-0.3, -0.25) is 0 Å². The molecule has 33 heavy (non-hydrogen) atoms. The zero-order valence-electron chi connectivity index (χ0n) is 19.5. The Morgan fingerprint density at radius 3 is 2.24 bits per heavy atom. The number of hydrogen-bond acceptors (Lipinski definition) is 5. The molecule has 1 aliphatic rings. The standard InChI is InChI=1S/C28H34O5/c1-3-6-21-7-9-22(10-8-21)23-11-17-26(18-12-23)33-28(30)24-13-15-25(16-14-24)31-19-5-20-32-27(29)4-2/h4,11-18,21-22H,2-3,5-10,19-20H2,1H3/t21-,22-. The Morgan fingerprint density at radius 1 is 0.939 bits per heavy atom. The molecule has 0 heterocycles. The van der Waals surface area contributed by atoms with Crippen LogP contribution < -0.4 is 9.47 Å². The van der Waals surface area contributed by atoms with E-state index < -0.39 is 11.9 Å². The molecule has 0 bridgehead atoms. The second kappa shape index (κ2) is 12.8. The molecule has 2 aromatic carbocycles. The Labute approximate surface area is 196 Å². The van der Waals surface area contributed by atoms with Gasteiger partial charge < -0.3 is 14.2 Å². The van der Waals surface area contributed by atoms with Gasteiger partial charge >= 0.3 is 11.9 Å². The average molecular weight is 451 g/mol. The van der Waals surface area contributed by atoms with Crippen molar-refractivity contribution in [2.45, 2.75) is 57.8 Å². The number of hydrogen-bond donors (Lipinski definition) is 0. The first-order valence-corrected chi connectivity index (χ1v) is 11.9. The predicted molar refractivity (Wildman–Crippen MR) is 129 cm³/mol. The van der Waals surface area contributed by atoms with Crippen LogP contribution in [0.2, 0.25) is 0 Å². The van der Waals surface area contributed by atoms with Crippen molar-refractivity contribution in [1.29, 1.82) is 0 Å². The van der Waals surface area contributed by atoms with Gasteiger partial charge in [-0.1, -0.05) is 38.5 Å². The predicted octanol–water partition coefficient (Wildman–Crippen LogP) is 6.48. The van der Waals surface area contributed by atoms with Gasteiger partial charge in [0.15, 0.2) is 0 Å². The van der Waals surface area contributed by atoms with E-state index in [9.17, 15) is 9.59 Å². The van der Waals surface area contributed by atoms with Crippen LogP contribution in [0.25, 0.3) is 0 Å². The molecule has 5 nitrogen and oxygen atoms in total. The summed E-state index contributed by atoms with van der Waals surface area (Å²) in [7, 11) is 0. The zero-order chi connectivity index (χ0) is 23.5. The van der Waals surface area contributed by atoms with Crippen molar-refractivity contribution in [2.24, 2.45) is 5.92 Å². The van der Waals surface area contributed by atoms with Crippen molar-refractivity contribution in [3.63, 3.8) is 0 Å². The first-order valence-electron chi connectivity index (χ1n) is 11.9. The summed E-state index contributed by atoms with van der Waals surface area (Å²) < 4.78 is 16.0. The van der Waals surface area contributed by atoms with Crippen LogP contribution in [0.1, 0.15) is 73.7 Å². The molecule has 1 aliphatic carbocycles. The maximum Gasteiger partial charge on any atom is 0.343 e. The quantitative estimate of drug-likeness (QED) is 0.170. The highest BCUT2D eigenvalue weighted by molar-refractivity contribution is 5.91. The summed E-state index contributed by atoms with van der Waals surface area (Å²) in [4.78, 5) is 23.5. The van der Waals surface area contributed by atoms with Gasteiger partial charge in [-0.2, -0.15) is 0 Å². The molecule has 3 rings (SSSR count). The minimum Gasteiger partial charge on any atom is -0.493 e. The first kappa shape index (κ1) is 24.6. The van der Waals surface area contributed by atoms with Crippen LogP contribution in [0.4, 0.5) is 0 Å². The number of carbonyl (C=O) groups is 2. The summed E-state index contributed by atoms with van der Waals surface area (Å²) in [5.41, 5.74) is 1.80. The molecule has 0 amide bonds. The normalized spacial score (nSPS) is 17.7. The van der Waals surface area contributed by atoms with Gasteiger partial charge in [0.25, 0.3) is 0 Å². The van der Waals surface area contributed by atoms with E-state index in [0.29, 0.717) is 36.0 Å². The summed E-state index contributed by atoms with van der Waals surface area (Å²) in [6, 6.07) is 14.8. The highest BCUT2D eigenvalue weighted by Gasteiger charge is 2.21. The van der Waals surface area contributed by atoms with Gasteiger partial charge in [0.2, 0.25) is 0 Å². The van der Waals surface area contributed by atoms with Gasteiger partial charge in [-0.05, 0) is 79.5 Å². The van der Waals surface area contributed by atoms with Gasteiger partial charge in [-0.25, -0.2) is 9.59 Å². The molecule has 0 aromatic heterocycles. The molecule has 176 valence electrons. The fraction of sp³-hybridized carbons (Fsp3) is 0.429. The highest BCUT2D eigenvalue weighted by Crippen LogP contribution is 2.37. The van der Waals surface area contributed by atoms with E-state index in [1.165, 1.54) is 44.1 Å². The Bertz CT molecular complexity index is 893. The largest absolute Gasteiger partial charge is 0.493 e. The monoisotopic (exact) mass is 450 g/mol. The molecule has 0 N–H and O–H groups in total. The van der Waals surface area contributed by atoms with Crippen LogP contribution in [0.15, 0.2) is 61.2 Å². The number of ether oxygens (including phenoxy) is 3. The van der Waals surface area contributed by atoms with Gasteiger partial charge in [0.1, 0.15) is 11.5 Å². The average Bonchev–Trinajstić information content (AvgIpc) is 2.85. The lowest BCUT2D eigenvalue weighted by Crippen LogP contribution is -2.13. The lowest BCUT2D eigenvalue weighted by molar-refractivity contribution is -0.137. The molecule has 0 atom stereocenters. The number of rotatable bonds is 11. The number of esters is 2. The van der Waals surface area contributed by atoms with Crippen LogP contribution in [0.3, 0.4) is 0 Å². The topological polar surface area (TPSA) is 61.8 Å². The Morgan fingerprint density at radius 2 is 1.61 bits per heavy atom. The Kier molecular flexibility index (Phi) is 9.55. The number of carbonyl (C=O) groups excluding carboxylic acids is 2. The zero-order valence-corrected chi connectivity index (χ0v) is 19.5. The van der Waals surface area contributed by atoms with E-state index in [4.69, 9.17) is 14.2 Å². The second-order valence-corrected chi connectivity index (χ2v) is 8.56. The van der Waals surface area contributed by atoms with Crippen LogP contribution >= 0.6 is 0 Å². The minimum atomic E-state index is -0.443. The summed E-state index contributed by atoms with van der Waals surface area (Å²) >= 11 is 0. The summed E-state index contributed by atoms with van der Waals surface area (Å²) in [6.07, 6.45) is 9.46. The maximum atomic E-state index is 12.5. The SMILES string of the molecule is C=CC(=O)OCCCOc1ccc(C(=O)Oc2ccc([C@H]3CC[C@H](CCC)CC3)cc2)cc1. The molecule has 1 fully saturated rings. The lowest BCUT2D eigenvalue weighted by Gasteiger charge is -2.28. The molecule has 1 saturated carbocycles. The van der Waals surface area contributed by atoms with Crippen LogP contribution in [0.5, 0.6) is 11.5 Å². The van der Waals surface area contributed by atoms with Crippen molar-refractivity contribution >= 4 is 11.9 Å². The fourth-order valence-electron chi connectivity index (χ4n) is 4.33. The third kappa shape index (κ3) is 7.77. The minimum absolute atomic E-state index is 0.272. The molecular formula is C28H34O5. The van der Waals surface area contributed by atoms with Crippen LogP contribution in [0, 0.1) is 5.92 Å². The van der Waals surface area contributed by atoms with Crippen molar-refractivity contribution in [1.82, 2.24) is 0 Å². The second-order valence-electron chi connectivity index (χ2n) is 8.56. The highest BCUT2D eigenvalue weighted by atomic mass is 16.5. The van der Waals surface area contributed by atoms with Gasteiger partial charge in [-0.15, -0.1) is 0 Å². The third-order valence-corrected chi connectivity index (χ3v) is 6.16. The molecule has 5 heteroatoms. The molecular weight excluding hydrogens is 416 g/mol. The lowest BCUT2D eigenvalue weighted by atomic mass is 9.77. The van der Waals surface area contributed by atoms with Crippen molar-refractivity contribution in [2.75, 3.05) is 13.2 Å². The molecule has 2 aromatic rings. The third-order valence-electron chi connectivity index (χ3n) is 6.16. The summed E-state index contributed by atoms with van der Waals surface area (Å²) in [5, 5.41) is 0. The molecule has 0 radical (unpaired) electrons. The van der Waals surface area contributed by atoms with E-state index in [2.05, 4.69) is 25.6 Å². The summed E-state index contributed by atoms with van der Waals surface area (Å²) in [6.45, 7) is 6.29. The maximum absolute atomic E-state index is 12.5. The van der Waals surface area contributed by atoms with Crippen molar-refractivity contribution in [3.8, 4) is 11.5 Å². The van der Waals surface area contributed by atoms with Crippen molar-refractivity contribution in [3.05, 3.63) is 72.3 Å². The van der Waals surface area contributed by atoms with E-state index in [1.54, 1.807) is 24.3 Å². The van der Waals surface area contributed by atoms with Crippen LogP contribution in [-0.4, -0.2) is 25.2 Å². The van der Waals surface area contributed by atoms with E-state index in [1.807, 2.05) is 12.1 Å². The Hall–Kier alpha value is -3.08. The molecule has 0 aliphatic heterocycles. The molecule has 0 spiro atoms. The summed E-state index contributed by atoms with van der Waals surface area (Å²) in [5.74, 6) is 1.86. The first-order chi connectivity index (χ1) is 16.1.